The van der Waals surface area contributed by atoms with E-state index in [4.69, 9.17) is 0 Å². The zero-order valence-corrected chi connectivity index (χ0v) is 14.9. The summed E-state index contributed by atoms with van der Waals surface area (Å²) >= 11 is 0. The molecule has 0 saturated carbocycles. The van der Waals surface area contributed by atoms with Gasteiger partial charge in [0.25, 0.3) is 0 Å². The maximum absolute atomic E-state index is 11.7. The van der Waals surface area contributed by atoms with Crippen LogP contribution in [0, 0.1) is 0 Å². The molecule has 0 aliphatic carbocycles. The van der Waals surface area contributed by atoms with Crippen LogP contribution < -0.4 is 5.32 Å². The number of carbonyl (C=O) groups is 1. The Morgan fingerprint density at radius 1 is 0.741 bits per heavy atom. The fraction of sp³-hybridized carbons (Fsp3) is 0.125. The minimum Gasteiger partial charge on any atom is -0.480 e. The summed E-state index contributed by atoms with van der Waals surface area (Å²) in [5, 5.41) is 17.5. The van der Waals surface area contributed by atoms with Crippen molar-refractivity contribution in [3.05, 3.63) is 96.1 Å². The summed E-state index contributed by atoms with van der Waals surface area (Å²) in [5.74, 6) is -0.830. The number of aliphatic carboxylic acids is 1. The second-order valence-corrected chi connectivity index (χ2v) is 6.84. The van der Waals surface area contributed by atoms with Crippen molar-refractivity contribution < 1.29 is 9.90 Å². The SMILES string of the molecule is O=C(O)[C@H](Cc1ccc2ccccc2c1)NCc1ccc2ccccc2c1. The van der Waals surface area contributed by atoms with Gasteiger partial charge in [0.1, 0.15) is 6.04 Å². The maximum Gasteiger partial charge on any atom is 0.321 e. The molecule has 3 heteroatoms. The zero-order valence-electron chi connectivity index (χ0n) is 14.9. The quantitative estimate of drug-likeness (QED) is 0.523. The molecule has 0 unspecified atom stereocenters. The van der Waals surface area contributed by atoms with Gasteiger partial charge < -0.3 is 10.4 Å². The Balaban J connectivity index is 1.49. The van der Waals surface area contributed by atoms with Gasteiger partial charge in [0.15, 0.2) is 0 Å². The van der Waals surface area contributed by atoms with Crippen molar-refractivity contribution in [2.75, 3.05) is 0 Å². The van der Waals surface area contributed by atoms with E-state index in [0.29, 0.717) is 13.0 Å². The fourth-order valence-electron chi connectivity index (χ4n) is 3.44. The Labute approximate surface area is 158 Å². The fourth-order valence-corrected chi connectivity index (χ4v) is 3.44. The highest BCUT2D eigenvalue weighted by Gasteiger charge is 2.17. The number of rotatable bonds is 6. The van der Waals surface area contributed by atoms with E-state index in [0.717, 1.165) is 21.9 Å². The number of carboxylic acids is 1. The standard InChI is InChI=1S/C24H21NO2/c26-24(27)23(15-17-9-11-19-5-1-3-7-21(19)13-17)25-16-18-10-12-20-6-2-4-8-22(20)14-18/h1-14,23,25H,15-16H2,(H,26,27)/t23-/m0/s1. The monoisotopic (exact) mass is 355 g/mol. The summed E-state index contributed by atoms with van der Waals surface area (Å²) in [6, 6.07) is 28.0. The number of benzene rings is 4. The highest BCUT2D eigenvalue weighted by Crippen LogP contribution is 2.18. The molecule has 2 N–H and O–H groups in total. The summed E-state index contributed by atoms with van der Waals surface area (Å²) in [7, 11) is 0. The molecule has 0 amide bonds. The van der Waals surface area contributed by atoms with Gasteiger partial charge >= 0.3 is 5.97 Å². The van der Waals surface area contributed by atoms with Crippen LogP contribution in [0.5, 0.6) is 0 Å². The third-order valence-corrected chi connectivity index (χ3v) is 4.92. The van der Waals surface area contributed by atoms with Gasteiger partial charge in [-0.3, -0.25) is 4.79 Å². The molecule has 0 saturated heterocycles. The molecule has 0 aliphatic rings. The minimum absolute atomic E-state index is 0.452. The molecule has 0 aromatic heterocycles. The highest BCUT2D eigenvalue weighted by molar-refractivity contribution is 5.84. The van der Waals surface area contributed by atoms with Crippen LogP contribution in [0.15, 0.2) is 84.9 Å². The largest absolute Gasteiger partial charge is 0.480 e. The van der Waals surface area contributed by atoms with Crippen molar-refractivity contribution in [3.63, 3.8) is 0 Å². The van der Waals surface area contributed by atoms with E-state index >= 15 is 0 Å². The molecule has 1 atom stereocenters. The van der Waals surface area contributed by atoms with Crippen LogP contribution in [0.1, 0.15) is 11.1 Å². The van der Waals surface area contributed by atoms with Crippen molar-refractivity contribution in [1.29, 1.82) is 0 Å². The first-order valence-corrected chi connectivity index (χ1v) is 9.10. The van der Waals surface area contributed by atoms with Crippen LogP contribution in [0.3, 0.4) is 0 Å². The summed E-state index contributed by atoms with van der Waals surface area (Å²) in [5.41, 5.74) is 2.10. The summed E-state index contributed by atoms with van der Waals surface area (Å²) in [6.07, 6.45) is 0.452. The summed E-state index contributed by atoms with van der Waals surface area (Å²) in [4.78, 5) is 11.7. The average Bonchev–Trinajstić information content (AvgIpc) is 2.70. The Morgan fingerprint density at radius 2 is 1.26 bits per heavy atom. The molecule has 4 rings (SSSR count). The Kier molecular flexibility index (Phi) is 4.86. The van der Waals surface area contributed by atoms with E-state index in [9.17, 15) is 9.90 Å². The number of nitrogens with one attached hydrogen (secondary N) is 1. The topological polar surface area (TPSA) is 49.3 Å². The first-order valence-electron chi connectivity index (χ1n) is 9.10. The molecule has 3 nitrogen and oxygen atoms in total. The Bertz CT molecular complexity index is 1100. The van der Waals surface area contributed by atoms with Gasteiger partial charge in [-0.1, -0.05) is 78.9 Å². The molecule has 0 spiro atoms. The Hall–Kier alpha value is -3.17. The summed E-state index contributed by atoms with van der Waals surface area (Å²) in [6.45, 7) is 0.523. The minimum atomic E-state index is -0.830. The second kappa shape index (κ2) is 7.60. The zero-order chi connectivity index (χ0) is 18.6. The predicted octanol–water partition coefficient (Wildman–Crippen LogP) is 4.78. The van der Waals surface area contributed by atoms with Gasteiger partial charge in [-0.05, 0) is 45.2 Å². The molecule has 4 aromatic carbocycles. The Morgan fingerprint density at radius 3 is 1.85 bits per heavy atom. The van der Waals surface area contributed by atoms with Gasteiger partial charge in [0.05, 0.1) is 0 Å². The number of hydrogen-bond donors (Lipinski definition) is 2. The van der Waals surface area contributed by atoms with Gasteiger partial charge in [-0.25, -0.2) is 0 Å². The van der Waals surface area contributed by atoms with Gasteiger partial charge in [0.2, 0.25) is 0 Å². The molecule has 4 aromatic rings. The first kappa shape index (κ1) is 17.3. The van der Waals surface area contributed by atoms with Crippen LogP contribution in [-0.4, -0.2) is 17.1 Å². The van der Waals surface area contributed by atoms with E-state index in [1.807, 2.05) is 42.5 Å². The second-order valence-electron chi connectivity index (χ2n) is 6.84. The number of carboxylic acid groups (broad SMARTS) is 1. The normalized spacial score (nSPS) is 12.3. The third-order valence-electron chi connectivity index (χ3n) is 4.92. The lowest BCUT2D eigenvalue weighted by Crippen LogP contribution is -2.38. The predicted molar refractivity (Wildman–Crippen MR) is 110 cm³/mol. The number of fused-ring (bicyclic) bond motifs is 2. The first-order chi connectivity index (χ1) is 13.2. The van der Waals surface area contributed by atoms with Gasteiger partial charge in [-0.2, -0.15) is 0 Å². The van der Waals surface area contributed by atoms with E-state index in [-0.39, 0.29) is 0 Å². The van der Waals surface area contributed by atoms with E-state index < -0.39 is 12.0 Å². The van der Waals surface area contributed by atoms with E-state index in [1.54, 1.807) is 0 Å². The van der Waals surface area contributed by atoms with Crippen molar-refractivity contribution >= 4 is 27.5 Å². The van der Waals surface area contributed by atoms with Crippen molar-refractivity contribution in [2.24, 2.45) is 0 Å². The van der Waals surface area contributed by atoms with E-state index in [2.05, 4.69) is 47.8 Å². The average molecular weight is 355 g/mol. The molecule has 0 heterocycles. The van der Waals surface area contributed by atoms with Crippen molar-refractivity contribution in [2.45, 2.75) is 19.0 Å². The molecular formula is C24H21NO2. The van der Waals surface area contributed by atoms with Crippen LogP contribution in [0.2, 0.25) is 0 Å². The van der Waals surface area contributed by atoms with Gasteiger partial charge in [-0.15, -0.1) is 0 Å². The third kappa shape index (κ3) is 3.99. The van der Waals surface area contributed by atoms with Crippen LogP contribution >= 0.6 is 0 Å². The molecule has 0 aliphatic heterocycles. The molecule has 27 heavy (non-hydrogen) atoms. The molecule has 0 radical (unpaired) electrons. The highest BCUT2D eigenvalue weighted by atomic mass is 16.4. The van der Waals surface area contributed by atoms with Crippen molar-refractivity contribution in [1.82, 2.24) is 5.32 Å². The molecule has 134 valence electrons. The van der Waals surface area contributed by atoms with E-state index in [1.165, 1.54) is 10.8 Å². The molecule has 0 bridgehead atoms. The van der Waals surface area contributed by atoms with Crippen LogP contribution in [0.4, 0.5) is 0 Å². The van der Waals surface area contributed by atoms with Crippen molar-refractivity contribution in [3.8, 4) is 0 Å². The summed E-state index contributed by atoms with van der Waals surface area (Å²) < 4.78 is 0. The molecular weight excluding hydrogens is 334 g/mol. The maximum atomic E-state index is 11.7. The lowest BCUT2D eigenvalue weighted by Gasteiger charge is -2.15. The number of hydrogen-bond acceptors (Lipinski definition) is 2. The molecule has 0 fully saturated rings. The lowest BCUT2D eigenvalue weighted by molar-refractivity contribution is -0.139. The smallest absolute Gasteiger partial charge is 0.321 e. The van der Waals surface area contributed by atoms with Crippen LogP contribution in [0.25, 0.3) is 21.5 Å². The lowest BCUT2D eigenvalue weighted by atomic mass is 10.0. The van der Waals surface area contributed by atoms with Crippen LogP contribution in [-0.2, 0) is 17.8 Å². The van der Waals surface area contributed by atoms with Gasteiger partial charge in [0, 0.05) is 6.54 Å².